The van der Waals surface area contributed by atoms with Crippen molar-refractivity contribution in [3.05, 3.63) is 60.2 Å². The van der Waals surface area contributed by atoms with E-state index < -0.39 is 6.10 Å². The molecule has 0 heterocycles. The molecule has 0 bridgehead atoms. The summed E-state index contributed by atoms with van der Waals surface area (Å²) < 4.78 is 0. The molecular weight excluding hydrogens is 196 g/mol. The molecule has 2 atom stereocenters. The average molecular weight is 216 g/mol. The normalized spacial score (nSPS) is 15.6. The number of allylic oxidation sites excluding steroid dienone is 1. The Hall–Kier alpha value is -1.34. The molecule has 0 saturated carbocycles. The van der Waals surface area contributed by atoms with E-state index in [0.29, 0.717) is 0 Å². The molecule has 0 aliphatic rings. The van der Waals surface area contributed by atoms with E-state index in [9.17, 15) is 5.11 Å². The van der Waals surface area contributed by atoms with Crippen LogP contribution >= 0.6 is 0 Å². The van der Waals surface area contributed by atoms with E-state index in [4.69, 9.17) is 0 Å². The van der Waals surface area contributed by atoms with Crippen LogP contribution in [-0.2, 0) is 0 Å². The minimum atomic E-state index is -0.524. The van der Waals surface area contributed by atoms with Gasteiger partial charge in [-0.3, -0.25) is 0 Å². The van der Waals surface area contributed by atoms with Crippen molar-refractivity contribution >= 4 is 0 Å². The van der Waals surface area contributed by atoms with Crippen molar-refractivity contribution in [1.29, 1.82) is 0 Å². The van der Waals surface area contributed by atoms with Gasteiger partial charge in [0.2, 0.25) is 0 Å². The van der Waals surface area contributed by atoms with Gasteiger partial charge in [-0.2, -0.15) is 0 Å². The molecule has 0 aliphatic carbocycles. The SMILES string of the molecule is C=CC(O)C(/C=C(\C)CC)c1ccccc1. The van der Waals surface area contributed by atoms with Crippen LogP contribution in [0.3, 0.4) is 0 Å². The zero-order valence-electron chi connectivity index (χ0n) is 10.1. The first-order chi connectivity index (χ1) is 7.69. The van der Waals surface area contributed by atoms with Crippen molar-refractivity contribution < 1.29 is 5.11 Å². The van der Waals surface area contributed by atoms with Crippen molar-refractivity contribution in [1.82, 2.24) is 0 Å². The van der Waals surface area contributed by atoms with Crippen molar-refractivity contribution in [2.75, 3.05) is 0 Å². The van der Waals surface area contributed by atoms with Gasteiger partial charge in [0, 0.05) is 5.92 Å². The first-order valence-electron chi connectivity index (χ1n) is 5.72. The van der Waals surface area contributed by atoms with Crippen LogP contribution in [-0.4, -0.2) is 11.2 Å². The molecule has 0 spiro atoms. The number of rotatable bonds is 5. The summed E-state index contributed by atoms with van der Waals surface area (Å²) in [6, 6.07) is 10.0. The number of hydrogen-bond donors (Lipinski definition) is 1. The van der Waals surface area contributed by atoms with E-state index in [1.165, 1.54) is 5.57 Å². The third-order valence-corrected chi connectivity index (χ3v) is 2.82. The average Bonchev–Trinajstić information content (AvgIpc) is 2.35. The largest absolute Gasteiger partial charge is 0.388 e. The maximum Gasteiger partial charge on any atom is 0.0821 e. The Morgan fingerprint density at radius 2 is 2.00 bits per heavy atom. The van der Waals surface area contributed by atoms with Crippen LogP contribution in [0.2, 0.25) is 0 Å². The summed E-state index contributed by atoms with van der Waals surface area (Å²) in [4.78, 5) is 0. The van der Waals surface area contributed by atoms with Crippen LogP contribution in [0.15, 0.2) is 54.6 Å². The third-order valence-electron chi connectivity index (χ3n) is 2.82. The second-order valence-electron chi connectivity index (χ2n) is 4.03. The Balaban J connectivity index is 3.01. The highest BCUT2D eigenvalue weighted by molar-refractivity contribution is 5.28. The first-order valence-corrected chi connectivity index (χ1v) is 5.72. The first kappa shape index (κ1) is 12.7. The fourth-order valence-electron chi connectivity index (χ4n) is 1.64. The van der Waals surface area contributed by atoms with Crippen LogP contribution in [0.1, 0.15) is 31.7 Å². The molecule has 1 aromatic carbocycles. The molecule has 1 N–H and O–H groups in total. The predicted octanol–water partition coefficient (Wildman–Crippen LogP) is 3.67. The lowest BCUT2D eigenvalue weighted by Gasteiger charge is -2.18. The van der Waals surface area contributed by atoms with Gasteiger partial charge in [0.25, 0.3) is 0 Å². The summed E-state index contributed by atoms with van der Waals surface area (Å²) >= 11 is 0. The standard InChI is InChI=1S/C15H20O/c1-4-12(3)11-14(15(16)5-2)13-9-7-6-8-10-13/h5-11,14-16H,2,4H2,1,3H3/b12-11+. The Bertz CT molecular complexity index is 351. The molecule has 1 heteroatoms. The molecule has 0 radical (unpaired) electrons. The Morgan fingerprint density at radius 3 is 2.50 bits per heavy atom. The number of benzene rings is 1. The Labute approximate surface area is 98.1 Å². The molecule has 0 amide bonds. The highest BCUT2D eigenvalue weighted by atomic mass is 16.3. The quantitative estimate of drug-likeness (QED) is 0.744. The van der Waals surface area contributed by atoms with Gasteiger partial charge >= 0.3 is 0 Å². The van der Waals surface area contributed by atoms with Gasteiger partial charge < -0.3 is 5.11 Å². The lowest BCUT2D eigenvalue weighted by atomic mass is 9.91. The van der Waals surface area contributed by atoms with E-state index in [2.05, 4.69) is 26.5 Å². The van der Waals surface area contributed by atoms with Gasteiger partial charge in [0.1, 0.15) is 0 Å². The topological polar surface area (TPSA) is 20.2 Å². The van der Waals surface area contributed by atoms with Crippen molar-refractivity contribution in [2.24, 2.45) is 0 Å². The molecule has 0 aromatic heterocycles. The zero-order chi connectivity index (χ0) is 12.0. The predicted molar refractivity (Wildman–Crippen MR) is 69.4 cm³/mol. The summed E-state index contributed by atoms with van der Waals surface area (Å²) in [5, 5.41) is 9.95. The fraction of sp³-hybridized carbons (Fsp3) is 0.333. The minimum absolute atomic E-state index is 0.0126. The summed E-state index contributed by atoms with van der Waals surface area (Å²) in [5.74, 6) is 0.0126. The smallest absolute Gasteiger partial charge is 0.0821 e. The summed E-state index contributed by atoms with van der Waals surface area (Å²) in [7, 11) is 0. The molecule has 1 aromatic rings. The van der Waals surface area contributed by atoms with Gasteiger partial charge in [0.05, 0.1) is 6.10 Å². The van der Waals surface area contributed by atoms with Gasteiger partial charge in [-0.05, 0) is 18.9 Å². The number of aliphatic hydroxyl groups is 1. The van der Waals surface area contributed by atoms with E-state index in [0.717, 1.165) is 12.0 Å². The van der Waals surface area contributed by atoms with Crippen molar-refractivity contribution in [3.63, 3.8) is 0 Å². The van der Waals surface area contributed by atoms with Crippen LogP contribution in [0.4, 0.5) is 0 Å². The van der Waals surface area contributed by atoms with Crippen LogP contribution in [0.5, 0.6) is 0 Å². The van der Waals surface area contributed by atoms with Crippen LogP contribution in [0, 0.1) is 0 Å². The molecule has 1 nitrogen and oxygen atoms in total. The molecule has 0 saturated heterocycles. The van der Waals surface area contributed by atoms with Gasteiger partial charge in [-0.25, -0.2) is 0 Å². The van der Waals surface area contributed by atoms with Crippen molar-refractivity contribution in [2.45, 2.75) is 32.3 Å². The van der Waals surface area contributed by atoms with Crippen LogP contribution < -0.4 is 0 Å². The molecule has 86 valence electrons. The highest BCUT2D eigenvalue weighted by Gasteiger charge is 2.15. The molecule has 0 fully saturated rings. The minimum Gasteiger partial charge on any atom is -0.388 e. The third kappa shape index (κ3) is 3.35. The van der Waals surface area contributed by atoms with Crippen molar-refractivity contribution in [3.8, 4) is 0 Å². The highest BCUT2D eigenvalue weighted by Crippen LogP contribution is 2.24. The molecule has 0 aliphatic heterocycles. The lowest BCUT2D eigenvalue weighted by Crippen LogP contribution is -2.14. The van der Waals surface area contributed by atoms with E-state index in [1.54, 1.807) is 6.08 Å². The summed E-state index contributed by atoms with van der Waals surface area (Å²) in [6.07, 6.45) is 4.20. The number of hydrogen-bond acceptors (Lipinski definition) is 1. The molecule has 2 unspecified atom stereocenters. The second kappa shape index (κ2) is 6.29. The van der Waals surface area contributed by atoms with Gasteiger partial charge in [0.15, 0.2) is 0 Å². The monoisotopic (exact) mass is 216 g/mol. The maximum absolute atomic E-state index is 9.95. The maximum atomic E-state index is 9.95. The second-order valence-corrected chi connectivity index (χ2v) is 4.03. The Morgan fingerprint density at radius 1 is 1.38 bits per heavy atom. The fourth-order valence-corrected chi connectivity index (χ4v) is 1.64. The molecule has 16 heavy (non-hydrogen) atoms. The van der Waals surface area contributed by atoms with Crippen LogP contribution in [0.25, 0.3) is 0 Å². The zero-order valence-corrected chi connectivity index (χ0v) is 10.1. The van der Waals surface area contributed by atoms with Gasteiger partial charge in [-0.1, -0.05) is 55.0 Å². The lowest BCUT2D eigenvalue weighted by molar-refractivity contribution is 0.207. The number of aliphatic hydroxyl groups excluding tert-OH is 1. The van der Waals surface area contributed by atoms with E-state index in [-0.39, 0.29) is 5.92 Å². The van der Waals surface area contributed by atoms with E-state index in [1.807, 2.05) is 30.3 Å². The van der Waals surface area contributed by atoms with Gasteiger partial charge in [-0.15, -0.1) is 6.58 Å². The Kier molecular flexibility index (Phi) is 5.00. The van der Waals surface area contributed by atoms with E-state index >= 15 is 0 Å². The molecular formula is C15H20O. The molecule has 1 rings (SSSR count). The summed E-state index contributed by atoms with van der Waals surface area (Å²) in [5.41, 5.74) is 2.41. The summed E-state index contributed by atoms with van der Waals surface area (Å²) in [6.45, 7) is 7.87.